The number of ether oxygens (including phenoxy) is 1. The molecule has 4 rings (SSSR count). The van der Waals surface area contributed by atoms with Gasteiger partial charge in [0.1, 0.15) is 5.60 Å². The number of hydrogen-bond donors (Lipinski definition) is 1. The maximum atomic E-state index is 12.8. The van der Waals surface area contributed by atoms with Crippen molar-refractivity contribution in [2.24, 2.45) is 5.92 Å². The molecule has 0 unspecified atom stereocenters. The second-order valence-corrected chi connectivity index (χ2v) is 11.5. The van der Waals surface area contributed by atoms with Crippen LogP contribution in [0.15, 0.2) is 84.9 Å². The van der Waals surface area contributed by atoms with Gasteiger partial charge in [0.05, 0.1) is 12.0 Å². The number of nitrogens with zero attached hydrogens (tertiary/aromatic N) is 1. The summed E-state index contributed by atoms with van der Waals surface area (Å²) < 4.78 is 5.20. The summed E-state index contributed by atoms with van der Waals surface area (Å²) in [4.78, 5) is 27.6. The molecule has 0 saturated carbocycles. The molecule has 0 radical (unpaired) electrons. The van der Waals surface area contributed by atoms with Gasteiger partial charge in [-0.15, -0.1) is 0 Å². The zero-order valence-electron chi connectivity index (χ0n) is 24.1. The van der Waals surface area contributed by atoms with Crippen molar-refractivity contribution in [3.63, 3.8) is 0 Å². The van der Waals surface area contributed by atoms with E-state index < -0.39 is 11.0 Å². The van der Waals surface area contributed by atoms with Crippen molar-refractivity contribution in [2.75, 3.05) is 26.2 Å². The second-order valence-electron chi connectivity index (χ2n) is 11.5. The summed E-state index contributed by atoms with van der Waals surface area (Å²) in [5.74, 6) is 0.300. The average molecular weight is 542 g/mol. The standard InChI is InChI=1S/C35H43NO4/c1-4-40-33(38)34(2,3)29-19-17-28(18-20-29)32(37)16-11-23-36-24-21-27(22-25-36)26-35(39,30-12-7-5-8-13-30)31-14-9-6-10-15-31/h5-10,12-15,17-20,27,39H,4,11,16,21-26H2,1-3H3. The molecule has 40 heavy (non-hydrogen) atoms. The van der Waals surface area contributed by atoms with Gasteiger partial charge in [-0.1, -0.05) is 84.9 Å². The number of aliphatic hydroxyl groups is 1. The quantitative estimate of drug-likeness (QED) is 0.209. The zero-order chi connectivity index (χ0) is 28.6. The summed E-state index contributed by atoms with van der Waals surface area (Å²) in [5, 5.41) is 11.9. The first-order valence-electron chi connectivity index (χ1n) is 14.6. The first-order valence-corrected chi connectivity index (χ1v) is 14.6. The third-order valence-corrected chi connectivity index (χ3v) is 8.39. The number of piperidine rings is 1. The Bertz CT molecular complexity index is 1190. The Balaban J connectivity index is 1.26. The molecule has 0 bridgehead atoms. The van der Waals surface area contributed by atoms with Crippen molar-refractivity contribution in [3.8, 4) is 0 Å². The van der Waals surface area contributed by atoms with Gasteiger partial charge < -0.3 is 14.7 Å². The smallest absolute Gasteiger partial charge is 0.315 e. The molecule has 1 N–H and O–H groups in total. The van der Waals surface area contributed by atoms with E-state index in [0.717, 1.165) is 55.6 Å². The van der Waals surface area contributed by atoms with E-state index in [9.17, 15) is 14.7 Å². The molecular formula is C35H43NO4. The lowest BCUT2D eigenvalue weighted by atomic mass is 9.76. The minimum absolute atomic E-state index is 0.131. The highest BCUT2D eigenvalue weighted by atomic mass is 16.5. The van der Waals surface area contributed by atoms with Gasteiger partial charge in [0.15, 0.2) is 5.78 Å². The van der Waals surface area contributed by atoms with Crippen LogP contribution in [0.2, 0.25) is 0 Å². The van der Waals surface area contributed by atoms with Crippen molar-refractivity contribution < 1.29 is 19.4 Å². The van der Waals surface area contributed by atoms with Crippen LogP contribution in [0.3, 0.4) is 0 Å². The molecule has 0 spiro atoms. The van der Waals surface area contributed by atoms with Crippen LogP contribution >= 0.6 is 0 Å². The first-order chi connectivity index (χ1) is 19.2. The number of benzene rings is 3. The Morgan fingerprint density at radius 1 is 0.850 bits per heavy atom. The van der Waals surface area contributed by atoms with Crippen LogP contribution in [0, 0.1) is 5.92 Å². The van der Waals surface area contributed by atoms with Gasteiger partial charge >= 0.3 is 5.97 Å². The molecule has 1 aliphatic rings. The number of esters is 1. The van der Waals surface area contributed by atoms with E-state index in [1.807, 2.05) is 98.8 Å². The molecule has 1 fully saturated rings. The van der Waals surface area contributed by atoms with Gasteiger partial charge in [0, 0.05) is 12.0 Å². The van der Waals surface area contributed by atoms with E-state index in [0.29, 0.717) is 30.9 Å². The molecule has 0 aromatic heterocycles. The van der Waals surface area contributed by atoms with Crippen molar-refractivity contribution >= 4 is 11.8 Å². The number of carbonyl (C=O) groups excluding carboxylic acids is 2. The summed E-state index contributed by atoms with van der Waals surface area (Å²) in [5.41, 5.74) is 1.67. The normalized spacial score (nSPS) is 15.1. The largest absolute Gasteiger partial charge is 0.465 e. The van der Waals surface area contributed by atoms with Crippen LogP contribution in [0.4, 0.5) is 0 Å². The maximum Gasteiger partial charge on any atom is 0.315 e. The van der Waals surface area contributed by atoms with E-state index in [1.165, 1.54) is 0 Å². The van der Waals surface area contributed by atoms with Gasteiger partial charge in [-0.2, -0.15) is 0 Å². The highest BCUT2D eigenvalue weighted by Gasteiger charge is 2.35. The molecular weight excluding hydrogens is 498 g/mol. The van der Waals surface area contributed by atoms with Gasteiger partial charge in [0.2, 0.25) is 0 Å². The first kappa shape index (κ1) is 29.7. The Labute approximate surface area is 239 Å². The van der Waals surface area contributed by atoms with Crippen LogP contribution in [0.25, 0.3) is 0 Å². The maximum absolute atomic E-state index is 12.8. The fourth-order valence-corrected chi connectivity index (χ4v) is 5.77. The SMILES string of the molecule is CCOC(=O)C(C)(C)c1ccc(C(=O)CCCN2CCC(CC(O)(c3ccccc3)c3ccccc3)CC2)cc1. The molecule has 5 nitrogen and oxygen atoms in total. The van der Waals surface area contributed by atoms with Crippen LogP contribution in [0.5, 0.6) is 0 Å². The van der Waals surface area contributed by atoms with Gasteiger partial charge in [-0.25, -0.2) is 0 Å². The molecule has 1 heterocycles. The number of ketones is 1. The van der Waals surface area contributed by atoms with E-state index in [2.05, 4.69) is 4.90 Å². The van der Waals surface area contributed by atoms with Crippen LogP contribution in [-0.4, -0.2) is 48.0 Å². The summed E-state index contributed by atoms with van der Waals surface area (Å²) in [6.07, 6.45) is 4.09. The van der Waals surface area contributed by atoms with Gasteiger partial charge in [-0.05, 0) is 88.7 Å². The highest BCUT2D eigenvalue weighted by molar-refractivity contribution is 5.96. The van der Waals surface area contributed by atoms with Crippen molar-refractivity contribution in [2.45, 2.75) is 63.9 Å². The monoisotopic (exact) mass is 541 g/mol. The second kappa shape index (κ2) is 13.4. The molecule has 3 aromatic rings. The predicted octanol–water partition coefficient (Wildman–Crippen LogP) is 6.53. The Hall–Kier alpha value is -3.28. The van der Waals surface area contributed by atoms with E-state index in [-0.39, 0.29) is 11.8 Å². The molecule has 0 amide bonds. The molecule has 0 aliphatic carbocycles. The average Bonchev–Trinajstić information content (AvgIpc) is 2.99. The van der Waals surface area contributed by atoms with Crippen molar-refractivity contribution in [3.05, 3.63) is 107 Å². The topological polar surface area (TPSA) is 66.8 Å². The molecule has 1 aliphatic heterocycles. The van der Waals surface area contributed by atoms with Crippen LogP contribution in [-0.2, 0) is 20.5 Å². The number of Topliss-reactive ketones (excluding diaryl/α,β-unsaturated/α-hetero) is 1. The van der Waals surface area contributed by atoms with Crippen molar-refractivity contribution in [1.82, 2.24) is 4.90 Å². The lowest BCUT2D eigenvalue weighted by Crippen LogP contribution is -2.38. The summed E-state index contributed by atoms with van der Waals surface area (Å²) in [6.45, 7) is 8.69. The zero-order valence-corrected chi connectivity index (χ0v) is 24.1. The number of hydrogen-bond acceptors (Lipinski definition) is 5. The predicted molar refractivity (Wildman–Crippen MR) is 159 cm³/mol. The van der Waals surface area contributed by atoms with Gasteiger partial charge in [-0.3, -0.25) is 9.59 Å². The highest BCUT2D eigenvalue weighted by Crippen LogP contribution is 2.38. The Morgan fingerprint density at radius 3 is 1.93 bits per heavy atom. The fourth-order valence-electron chi connectivity index (χ4n) is 5.77. The van der Waals surface area contributed by atoms with Crippen LogP contribution in [0.1, 0.15) is 79.9 Å². The van der Waals surface area contributed by atoms with E-state index in [1.54, 1.807) is 6.92 Å². The molecule has 0 atom stereocenters. The molecule has 5 heteroatoms. The summed E-state index contributed by atoms with van der Waals surface area (Å²) >= 11 is 0. The molecule has 1 saturated heterocycles. The summed E-state index contributed by atoms with van der Waals surface area (Å²) in [7, 11) is 0. The van der Waals surface area contributed by atoms with Crippen LogP contribution < -0.4 is 0 Å². The van der Waals surface area contributed by atoms with E-state index in [4.69, 9.17) is 4.74 Å². The third kappa shape index (κ3) is 7.07. The molecule has 212 valence electrons. The molecule has 3 aromatic carbocycles. The minimum atomic E-state index is -0.997. The Morgan fingerprint density at radius 2 is 1.40 bits per heavy atom. The minimum Gasteiger partial charge on any atom is -0.465 e. The number of rotatable bonds is 12. The summed E-state index contributed by atoms with van der Waals surface area (Å²) in [6, 6.07) is 27.4. The van der Waals surface area contributed by atoms with Crippen molar-refractivity contribution in [1.29, 1.82) is 0 Å². The lowest BCUT2D eigenvalue weighted by Gasteiger charge is -2.37. The number of likely N-dealkylation sites (tertiary alicyclic amines) is 1. The lowest BCUT2D eigenvalue weighted by molar-refractivity contribution is -0.148. The van der Waals surface area contributed by atoms with Gasteiger partial charge in [0.25, 0.3) is 0 Å². The number of carbonyl (C=O) groups is 2. The third-order valence-electron chi connectivity index (χ3n) is 8.39. The van der Waals surface area contributed by atoms with E-state index >= 15 is 0 Å². The fraction of sp³-hybridized carbons (Fsp3) is 0.429. The Kier molecular flexibility index (Phi) is 9.94.